The zero-order chi connectivity index (χ0) is 47.2. The zero-order valence-corrected chi connectivity index (χ0v) is 41.2. The van der Waals surface area contributed by atoms with Gasteiger partial charge in [0.05, 0.1) is 22.4 Å². The summed E-state index contributed by atoms with van der Waals surface area (Å²) in [6.07, 6.45) is 1.83. The van der Waals surface area contributed by atoms with Crippen molar-refractivity contribution in [3.63, 3.8) is 0 Å². The second-order valence-electron chi connectivity index (χ2n) is 18.8. The van der Waals surface area contributed by atoms with Crippen molar-refractivity contribution >= 4 is 79.4 Å². The van der Waals surface area contributed by atoms with Gasteiger partial charge in [0, 0.05) is 21.9 Å². The molecule has 1 aliphatic rings. The number of aromatic nitrogens is 3. The summed E-state index contributed by atoms with van der Waals surface area (Å²) < 4.78 is 2.45. The third-order valence-electron chi connectivity index (χ3n) is 15.0. The number of hydrogen-bond acceptors (Lipinski definition) is 2. The summed E-state index contributed by atoms with van der Waals surface area (Å²) in [5, 5.41) is 13.4. The summed E-state index contributed by atoms with van der Waals surface area (Å²) in [5.41, 5.74) is 8.90. The molecule has 0 amide bonds. The highest BCUT2D eigenvalue weighted by atomic mass is 28.3. The van der Waals surface area contributed by atoms with E-state index in [1.807, 2.05) is 0 Å². The Kier molecular flexibility index (Phi) is 10.7. The van der Waals surface area contributed by atoms with Crippen LogP contribution < -0.4 is 41.5 Å². The molecular formula is C66H49N3Si2. The predicted molar refractivity (Wildman–Crippen MR) is 302 cm³/mol. The predicted octanol–water partition coefficient (Wildman–Crippen LogP) is 9.76. The van der Waals surface area contributed by atoms with Crippen molar-refractivity contribution in [1.29, 1.82) is 0 Å². The van der Waals surface area contributed by atoms with Gasteiger partial charge in [-0.15, -0.1) is 0 Å². The van der Waals surface area contributed by atoms with Gasteiger partial charge in [-0.3, -0.25) is 4.57 Å². The van der Waals surface area contributed by atoms with Gasteiger partial charge in [-0.05, 0) is 83.7 Å². The van der Waals surface area contributed by atoms with Gasteiger partial charge in [-0.1, -0.05) is 255 Å². The molecule has 336 valence electrons. The minimum absolute atomic E-state index is 0.663. The molecule has 0 spiro atoms. The summed E-state index contributed by atoms with van der Waals surface area (Å²) in [4.78, 5) is 11.3. The van der Waals surface area contributed by atoms with E-state index in [1.54, 1.807) is 0 Å². The Morgan fingerprint density at radius 2 is 0.549 bits per heavy atom. The Hall–Kier alpha value is -8.49. The molecule has 2 aromatic heterocycles. The van der Waals surface area contributed by atoms with E-state index in [9.17, 15) is 0 Å². The molecule has 71 heavy (non-hydrogen) atoms. The van der Waals surface area contributed by atoms with Crippen molar-refractivity contribution < 1.29 is 0 Å². The van der Waals surface area contributed by atoms with Crippen LogP contribution in [0.5, 0.6) is 0 Å². The van der Waals surface area contributed by atoms with Crippen LogP contribution in [-0.4, -0.2) is 30.7 Å². The van der Waals surface area contributed by atoms with Crippen LogP contribution in [0, 0.1) is 0 Å². The monoisotopic (exact) mass is 939 g/mol. The highest BCUT2D eigenvalue weighted by Crippen LogP contribution is 2.40. The van der Waals surface area contributed by atoms with Gasteiger partial charge in [0.25, 0.3) is 0 Å². The lowest BCUT2D eigenvalue weighted by atomic mass is 9.91. The number of nitrogens with zero attached hydrogens (tertiary/aromatic N) is 3. The van der Waals surface area contributed by atoms with E-state index < -0.39 is 16.1 Å². The zero-order valence-electron chi connectivity index (χ0n) is 39.2. The first-order valence-electron chi connectivity index (χ1n) is 24.7. The first kappa shape index (κ1) is 42.6. The van der Waals surface area contributed by atoms with Crippen LogP contribution in [0.15, 0.2) is 273 Å². The fourth-order valence-corrected chi connectivity index (χ4v) is 21.6. The molecule has 12 aromatic rings. The fraction of sp³-hybridized carbons (Fsp3) is 0.0303. The smallest absolute Gasteiger partial charge is 0.235 e. The number of aryl methyl sites for hydroxylation is 2. The fourth-order valence-electron chi connectivity index (χ4n) is 11.9. The van der Waals surface area contributed by atoms with Crippen molar-refractivity contribution in [2.75, 3.05) is 0 Å². The van der Waals surface area contributed by atoms with Gasteiger partial charge in [-0.25, -0.2) is 9.97 Å². The van der Waals surface area contributed by atoms with Crippen molar-refractivity contribution in [3.05, 3.63) is 284 Å². The second kappa shape index (κ2) is 17.8. The molecule has 0 saturated carbocycles. The van der Waals surface area contributed by atoms with E-state index in [-0.39, 0.29) is 0 Å². The van der Waals surface area contributed by atoms with Crippen LogP contribution in [0.3, 0.4) is 0 Å². The largest absolute Gasteiger partial charge is 0.278 e. The van der Waals surface area contributed by atoms with Crippen LogP contribution in [0.2, 0.25) is 0 Å². The average Bonchev–Trinajstić information content (AvgIpc) is 3.80. The van der Waals surface area contributed by atoms with Gasteiger partial charge in [0.1, 0.15) is 0 Å². The molecule has 0 fully saturated rings. The Balaban J connectivity index is 1.21. The average molecular weight is 940 g/mol. The lowest BCUT2D eigenvalue weighted by Gasteiger charge is -2.35. The third-order valence-corrected chi connectivity index (χ3v) is 24.5. The molecule has 0 radical (unpaired) electrons. The SMILES string of the molecule is c1ccc(-c2cc(-c3ccccc3)nc(-n3c4cc([Si](c5ccccc5)(c5ccccc5)c5ccccc5)cc5c4c4c(cc([Si](c6ccccc6)(c6ccccc6)c6ccccc6)cc43)CC5)n2)cc1. The van der Waals surface area contributed by atoms with Crippen LogP contribution in [-0.2, 0) is 12.8 Å². The molecule has 2 heterocycles. The van der Waals surface area contributed by atoms with Crippen molar-refractivity contribution in [2.24, 2.45) is 0 Å². The standard InChI is InChI=1S/C66H49N3Si2/c1-9-25-48(26-10-1)60-47-61(49-27-11-2-12-28-49)68-66(67-60)69-62-45-58(70(52-29-13-3-14-30-52,53-31-15-4-16-32-53)54-33-17-5-18-34-54)43-50-41-42-51-44-59(46-63(69)65(51)64(50)62)71(55-35-19-6-20-36-55,56-37-21-7-22-38-56)57-39-23-8-24-40-57/h1-40,43-47H,41-42H2. The Morgan fingerprint density at radius 3 is 0.831 bits per heavy atom. The van der Waals surface area contributed by atoms with Crippen LogP contribution in [0.4, 0.5) is 0 Å². The highest BCUT2D eigenvalue weighted by Gasteiger charge is 2.44. The van der Waals surface area contributed by atoms with Crippen LogP contribution in [0.25, 0.3) is 50.3 Å². The molecule has 3 nitrogen and oxygen atoms in total. The first-order valence-corrected chi connectivity index (χ1v) is 28.7. The number of benzene rings is 10. The van der Waals surface area contributed by atoms with Crippen molar-refractivity contribution in [2.45, 2.75) is 12.8 Å². The van der Waals surface area contributed by atoms with Crippen LogP contribution in [0.1, 0.15) is 11.1 Å². The van der Waals surface area contributed by atoms with E-state index in [4.69, 9.17) is 9.97 Å². The molecule has 1 aliphatic carbocycles. The molecule has 13 rings (SSSR count). The van der Waals surface area contributed by atoms with Gasteiger partial charge < -0.3 is 0 Å². The van der Waals surface area contributed by atoms with Crippen molar-refractivity contribution in [1.82, 2.24) is 14.5 Å². The van der Waals surface area contributed by atoms with E-state index in [2.05, 4.69) is 278 Å². The molecule has 0 saturated heterocycles. The van der Waals surface area contributed by atoms with Crippen molar-refractivity contribution in [3.8, 4) is 28.5 Å². The highest BCUT2D eigenvalue weighted by molar-refractivity contribution is 7.20. The van der Waals surface area contributed by atoms with Gasteiger partial charge >= 0.3 is 0 Å². The summed E-state index contributed by atoms with van der Waals surface area (Å²) in [5.74, 6) is 0.663. The summed E-state index contributed by atoms with van der Waals surface area (Å²) in [7, 11) is -5.93. The maximum atomic E-state index is 5.66. The Morgan fingerprint density at radius 1 is 0.282 bits per heavy atom. The summed E-state index contributed by atoms with van der Waals surface area (Å²) >= 11 is 0. The topological polar surface area (TPSA) is 30.7 Å². The quantitative estimate of drug-likeness (QED) is 0.0956. The molecule has 0 N–H and O–H groups in total. The van der Waals surface area contributed by atoms with Gasteiger partial charge in [0.2, 0.25) is 5.95 Å². The first-order chi connectivity index (χ1) is 35.2. The van der Waals surface area contributed by atoms with Gasteiger partial charge in [-0.2, -0.15) is 0 Å². The van der Waals surface area contributed by atoms with Crippen LogP contribution >= 0.6 is 0 Å². The molecule has 0 unspecified atom stereocenters. The summed E-state index contributed by atoms with van der Waals surface area (Å²) in [6.45, 7) is 0. The minimum Gasteiger partial charge on any atom is -0.278 e. The van der Waals surface area contributed by atoms with E-state index in [1.165, 1.54) is 63.4 Å². The number of hydrogen-bond donors (Lipinski definition) is 0. The normalized spacial score (nSPS) is 12.4. The van der Waals surface area contributed by atoms with Gasteiger partial charge in [0.15, 0.2) is 16.1 Å². The van der Waals surface area contributed by atoms with E-state index >= 15 is 0 Å². The maximum Gasteiger partial charge on any atom is 0.235 e. The lowest BCUT2D eigenvalue weighted by Crippen LogP contribution is -2.74. The summed E-state index contributed by atoms with van der Waals surface area (Å²) in [6, 6.07) is 101. The maximum absolute atomic E-state index is 5.66. The minimum atomic E-state index is -2.96. The molecule has 0 aliphatic heterocycles. The van der Waals surface area contributed by atoms with E-state index in [0.29, 0.717) is 5.95 Å². The Labute approximate surface area is 417 Å². The Bertz CT molecular complexity index is 3390. The lowest BCUT2D eigenvalue weighted by molar-refractivity contribution is 0.971. The molecule has 0 atom stereocenters. The van der Waals surface area contributed by atoms with E-state index in [0.717, 1.165) is 46.4 Å². The second-order valence-corrected chi connectivity index (χ2v) is 26.4. The number of rotatable bonds is 11. The molecule has 10 aromatic carbocycles. The molecule has 5 heteroatoms. The molecule has 0 bridgehead atoms. The molecular weight excluding hydrogens is 891 g/mol. The third kappa shape index (κ3) is 6.99.